The van der Waals surface area contributed by atoms with Gasteiger partial charge in [-0.25, -0.2) is 0 Å². The Hall–Kier alpha value is -1.55. The van der Waals surface area contributed by atoms with E-state index in [0.717, 1.165) is 24.2 Å². The number of carbonyl (C=O) groups is 1. The number of nitrogen functional groups attached to an aromatic ring is 1. The largest absolute Gasteiger partial charge is 0.398 e. The van der Waals surface area contributed by atoms with Gasteiger partial charge in [0.15, 0.2) is 0 Å². The first-order valence-electron chi connectivity index (χ1n) is 6.33. The van der Waals surface area contributed by atoms with E-state index in [9.17, 15) is 4.79 Å². The van der Waals surface area contributed by atoms with Crippen LogP contribution in [0.1, 0.15) is 25.0 Å². The van der Waals surface area contributed by atoms with Crippen LogP contribution in [0.2, 0.25) is 0 Å². The fourth-order valence-electron chi connectivity index (χ4n) is 2.18. The molecular formula is C14H20N2O2. The van der Waals surface area contributed by atoms with Gasteiger partial charge in [-0.3, -0.25) is 4.79 Å². The van der Waals surface area contributed by atoms with Crippen LogP contribution in [-0.2, 0) is 22.5 Å². The number of hydrogen-bond acceptors (Lipinski definition) is 3. The molecule has 0 saturated carbocycles. The number of anilines is 1. The number of nitrogens with two attached hydrogens (primary N) is 1. The molecular weight excluding hydrogens is 228 g/mol. The van der Waals surface area contributed by atoms with Crippen molar-refractivity contribution in [1.29, 1.82) is 0 Å². The molecule has 4 nitrogen and oxygen atoms in total. The summed E-state index contributed by atoms with van der Waals surface area (Å²) in [5.41, 5.74) is 9.10. The zero-order chi connectivity index (χ0) is 13.1. The van der Waals surface area contributed by atoms with Crippen LogP contribution in [0.4, 0.5) is 5.69 Å². The lowest BCUT2D eigenvalue weighted by atomic mass is 9.98. The van der Waals surface area contributed by atoms with Crippen molar-refractivity contribution in [2.24, 2.45) is 0 Å². The Kier molecular flexibility index (Phi) is 3.87. The molecule has 0 atom stereocenters. The van der Waals surface area contributed by atoms with Gasteiger partial charge in [0, 0.05) is 18.8 Å². The van der Waals surface area contributed by atoms with Crippen molar-refractivity contribution in [3.8, 4) is 0 Å². The average molecular weight is 248 g/mol. The third-order valence-electron chi connectivity index (χ3n) is 3.20. The second-order valence-corrected chi connectivity index (χ2v) is 4.91. The van der Waals surface area contributed by atoms with Crippen LogP contribution in [0, 0.1) is 0 Å². The summed E-state index contributed by atoms with van der Waals surface area (Å²) < 4.78 is 5.35. The molecule has 2 N–H and O–H groups in total. The van der Waals surface area contributed by atoms with E-state index in [0.29, 0.717) is 6.54 Å². The molecule has 1 amide bonds. The Morgan fingerprint density at radius 1 is 1.50 bits per heavy atom. The molecule has 0 spiro atoms. The van der Waals surface area contributed by atoms with Crippen molar-refractivity contribution in [1.82, 2.24) is 4.90 Å². The Morgan fingerprint density at radius 3 is 3.00 bits per heavy atom. The zero-order valence-electron chi connectivity index (χ0n) is 11.0. The van der Waals surface area contributed by atoms with Gasteiger partial charge in [0.25, 0.3) is 0 Å². The molecule has 0 radical (unpaired) electrons. The van der Waals surface area contributed by atoms with Gasteiger partial charge in [0.1, 0.15) is 6.61 Å². The summed E-state index contributed by atoms with van der Waals surface area (Å²) in [6.45, 7) is 5.39. The fraction of sp³-hybridized carbons (Fsp3) is 0.500. The third-order valence-corrected chi connectivity index (χ3v) is 3.20. The first-order valence-corrected chi connectivity index (χ1v) is 6.33. The summed E-state index contributed by atoms with van der Waals surface area (Å²) in [6.07, 6.45) is 0.914. The molecule has 0 aliphatic carbocycles. The summed E-state index contributed by atoms with van der Waals surface area (Å²) in [6, 6.07) is 5.89. The van der Waals surface area contributed by atoms with E-state index in [4.69, 9.17) is 10.5 Å². The number of benzene rings is 1. The molecule has 1 aliphatic heterocycles. The van der Waals surface area contributed by atoms with Crippen molar-refractivity contribution in [2.45, 2.75) is 32.9 Å². The van der Waals surface area contributed by atoms with Gasteiger partial charge < -0.3 is 15.4 Å². The Bertz CT molecular complexity index is 443. The predicted molar refractivity (Wildman–Crippen MR) is 71.1 cm³/mol. The van der Waals surface area contributed by atoms with Crippen LogP contribution in [0.25, 0.3) is 0 Å². The van der Waals surface area contributed by atoms with Crippen LogP contribution < -0.4 is 5.73 Å². The number of fused-ring (bicyclic) bond motifs is 1. The minimum atomic E-state index is 0.0526. The lowest BCUT2D eigenvalue weighted by molar-refractivity contribution is -0.138. The minimum Gasteiger partial charge on any atom is -0.398 e. The molecule has 98 valence electrons. The lowest BCUT2D eigenvalue weighted by Crippen LogP contribution is -2.38. The topological polar surface area (TPSA) is 55.6 Å². The molecule has 4 heteroatoms. The molecule has 1 aromatic carbocycles. The monoisotopic (exact) mass is 248 g/mol. The molecule has 18 heavy (non-hydrogen) atoms. The number of carbonyl (C=O) groups excluding carboxylic acids is 1. The maximum Gasteiger partial charge on any atom is 0.248 e. The van der Waals surface area contributed by atoms with Crippen LogP contribution >= 0.6 is 0 Å². The molecule has 1 aliphatic rings. The van der Waals surface area contributed by atoms with Gasteiger partial charge in [0.2, 0.25) is 5.91 Å². The van der Waals surface area contributed by atoms with E-state index in [1.54, 1.807) is 0 Å². The van der Waals surface area contributed by atoms with E-state index >= 15 is 0 Å². The number of amides is 1. The third kappa shape index (κ3) is 2.82. The molecule has 0 bridgehead atoms. The number of hydrogen-bond donors (Lipinski definition) is 1. The highest BCUT2D eigenvalue weighted by Crippen LogP contribution is 2.24. The molecule has 0 aromatic heterocycles. The van der Waals surface area contributed by atoms with E-state index in [2.05, 4.69) is 0 Å². The molecule has 0 saturated heterocycles. The molecule has 0 unspecified atom stereocenters. The van der Waals surface area contributed by atoms with E-state index < -0.39 is 0 Å². The second-order valence-electron chi connectivity index (χ2n) is 4.91. The lowest BCUT2D eigenvalue weighted by Gasteiger charge is -2.29. The number of ether oxygens (including phenoxy) is 1. The van der Waals surface area contributed by atoms with Crippen molar-refractivity contribution < 1.29 is 9.53 Å². The first-order chi connectivity index (χ1) is 8.58. The minimum absolute atomic E-state index is 0.0526. The molecule has 1 aromatic rings. The van der Waals surface area contributed by atoms with Crippen LogP contribution in [-0.4, -0.2) is 30.1 Å². The van der Waals surface area contributed by atoms with Gasteiger partial charge in [0.05, 0.1) is 6.10 Å². The highest BCUT2D eigenvalue weighted by molar-refractivity contribution is 5.78. The van der Waals surface area contributed by atoms with Crippen LogP contribution in [0.15, 0.2) is 18.2 Å². The maximum absolute atomic E-state index is 12.0. The standard InChI is InChI=1S/C14H20N2O2/c1-10(2)18-9-14(17)16-7-6-12-11(8-16)4-3-5-13(12)15/h3-5,10H,6-9,15H2,1-2H3. The normalized spacial score (nSPS) is 14.7. The van der Waals surface area contributed by atoms with E-state index in [1.165, 1.54) is 5.56 Å². The van der Waals surface area contributed by atoms with Crippen molar-refractivity contribution >= 4 is 11.6 Å². The summed E-state index contributed by atoms with van der Waals surface area (Å²) in [7, 11) is 0. The van der Waals surface area contributed by atoms with E-state index in [1.807, 2.05) is 36.9 Å². The smallest absolute Gasteiger partial charge is 0.248 e. The summed E-state index contributed by atoms with van der Waals surface area (Å²) in [4.78, 5) is 13.8. The number of rotatable bonds is 3. The summed E-state index contributed by atoms with van der Waals surface area (Å²) in [5, 5.41) is 0. The molecule has 1 heterocycles. The average Bonchev–Trinajstić information content (AvgIpc) is 2.35. The van der Waals surface area contributed by atoms with E-state index in [-0.39, 0.29) is 18.6 Å². The Balaban J connectivity index is 2.01. The van der Waals surface area contributed by atoms with Crippen LogP contribution in [0.5, 0.6) is 0 Å². The molecule has 0 fully saturated rings. The van der Waals surface area contributed by atoms with Crippen molar-refractivity contribution in [3.63, 3.8) is 0 Å². The second kappa shape index (κ2) is 5.40. The van der Waals surface area contributed by atoms with Gasteiger partial charge >= 0.3 is 0 Å². The van der Waals surface area contributed by atoms with Gasteiger partial charge in [-0.2, -0.15) is 0 Å². The van der Waals surface area contributed by atoms with Gasteiger partial charge in [-0.05, 0) is 37.5 Å². The highest BCUT2D eigenvalue weighted by Gasteiger charge is 2.21. The first kappa shape index (κ1) is 12.9. The van der Waals surface area contributed by atoms with Crippen LogP contribution in [0.3, 0.4) is 0 Å². The predicted octanol–water partition coefficient (Wildman–Crippen LogP) is 1.58. The summed E-state index contributed by atoms with van der Waals surface area (Å²) in [5.74, 6) is 0.0526. The Labute approximate surface area is 108 Å². The molecule has 2 rings (SSSR count). The van der Waals surface area contributed by atoms with Gasteiger partial charge in [-0.1, -0.05) is 12.1 Å². The Morgan fingerprint density at radius 2 is 2.28 bits per heavy atom. The van der Waals surface area contributed by atoms with Gasteiger partial charge in [-0.15, -0.1) is 0 Å². The maximum atomic E-state index is 12.0. The van der Waals surface area contributed by atoms with Crippen molar-refractivity contribution in [3.05, 3.63) is 29.3 Å². The fourth-order valence-corrected chi connectivity index (χ4v) is 2.18. The number of nitrogens with zero attached hydrogens (tertiary/aromatic N) is 1. The highest BCUT2D eigenvalue weighted by atomic mass is 16.5. The SMILES string of the molecule is CC(C)OCC(=O)N1CCc2c(N)cccc2C1. The zero-order valence-corrected chi connectivity index (χ0v) is 11.0. The quantitative estimate of drug-likeness (QED) is 0.826. The van der Waals surface area contributed by atoms with Crippen molar-refractivity contribution in [2.75, 3.05) is 18.9 Å². The summed E-state index contributed by atoms with van der Waals surface area (Å²) >= 11 is 0.